The second kappa shape index (κ2) is 4.42. The van der Waals surface area contributed by atoms with Crippen molar-refractivity contribution in [1.29, 1.82) is 0 Å². The van der Waals surface area contributed by atoms with E-state index in [4.69, 9.17) is 0 Å². The highest BCUT2D eigenvalue weighted by Crippen LogP contribution is 2.33. The van der Waals surface area contributed by atoms with Gasteiger partial charge in [0.2, 0.25) is 0 Å². The molecule has 0 aromatic carbocycles. The Balaban J connectivity index is 2.07. The van der Waals surface area contributed by atoms with Crippen LogP contribution in [0.3, 0.4) is 0 Å². The molecular weight excluding hydrogens is 212 g/mol. The Morgan fingerprint density at radius 3 is 2.20 bits per heavy atom. The first-order valence-electron chi connectivity index (χ1n) is 6.01. The fourth-order valence-corrected chi connectivity index (χ4v) is 5.05. The summed E-state index contributed by atoms with van der Waals surface area (Å²) in [6.07, 6.45) is 6.10. The molecule has 0 spiro atoms. The van der Waals surface area contributed by atoms with Gasteiger partial charge in [-0.3, -0.25) is 0 Å². The van der Waals surface area contributed by atoms with Crippen LogP contribution in [0.1, 0.15) is 44.9 Å². The molecule has 0 amide bonds. The van der Waals surface area contributed by atoms with Crippen LogP contribution in [0.5, 0.6) is 0 Å². The predicted molar refractivity (Wildman–Crippen MR) is 59.4 cm³/mol. The summed E-state index contributed by atoms with van der Waals surface area (Å²) in [5, 5.41) is 9.67. The molecule has 0 bridgehead atoms. The minimum absolute atomic E-state index is 0.239. The summed E-state index contributed by atoms with van der Waals surface area (Å²) in [7, 11) is -3.01. The summed E-state index contributed by atoms with van der Waals surface area (Å²) in [5.41, 5.74) is 0. The maximum atomic E-state index is 11.8. The van der Waals surface area contributed by atoms with Crippen LogP contribution in [0.2, 0.25) is 0 Å². The molecule has 0 aromatic heterocycles. The lowest BCUT2D eigenvalue weighted by Gasteiger charge is -2.30. The maximum absolute atomic E-state index is 11.8. The first kappa shape index (κ1) is 11.4. The van der Waals surface area contributed by atoms with E-state index in [2.05, 4.69) is 0 Å². The monoisotopic (exact) mass is 232 g/mol. The molecule has 2 unspecified atom stereocenters. The Morgan fingerprint density at radius 1 is 1.00 bits per heavy atom. The molecule has 1 heterocycles. The van der Waals surface area contributed by atoms with Gasteiger partial charge >= 0.3 is 0 Å². The van der Waals surface area contributed by atoms with E-state index >= 15 is 0 Å². The van der Waals surface area contributed by atoms with Gasteiger partial charge in [0.05, 0.1) is 17.1 Å². The minimum atomic E-state index is -3.01. The van der Waals surface area contributed by atoms with Crippen LogP contribution < -0.4 is 0 Å². The molecule has 2 atom stereocenters. The fraction of sp³-hybridized carbons (Fsp3) is 1.00. The molecule has 1 saturated heterocycles. The summed E-state index contributed by atoms with van der Waals surface area (Å²) in [6.45, 7) is 0. The van der Waals surface area contributed by atoms with Crippen molar-refractivity contribution in [3.05, 3.63) is 0 Å². The normalized spacial score (nSPS) is 34.1. The van der Waals surface area contributed by atoms with Crippen molar-refractivity contribution in [3.8, 4) is 0 Å². The van der Waals surface area contributed by atoms with Crippen molar-refractivity contribution in [2.45, 2.75) is 56.3 Å². The van der Waals surface area contributed by atoms with Gasteiger partial charge in [-0.15, -0.1) is 0 Å². The predicted octanol–water partition coefficient (Wildman–Crippen LogP) is 1.50. The Bertz CT molecular complexity index is 304. The average Bonchev–Trinajstić information content (AvgIpc) is 2.69. The van der Waals surface area contributed by atoms with Crippen molar-refractivity contribution in [2.75, 3.05) is 5.75 Å². The summed E-state index contributed by atoms with van der Waals surface area (Å²) >= 11 is 0. The van der Waals surface area contributed by atoms with Crippen molar-refractivity contribution < 1.29 is 13.5 Å². The van der Waals surface area contributed by atoms with Crippen LogP contribution in [-0.4, -0.2) is 30.6 Å². The second-order valence-corrected chi connectivity index (χ2v) is 7.28. The van der Waals surface area contributed by atoms with Crippen LogP contribution in [-0.2, 0) is 9.84 Å². The van der Waals surface area contributed by atoms with E-state index in [-0.39, 0.29) is 11.7 Å². The molecule has 1 saturated carbocycles. The fourth-order valence-electron chi connectivity index (χ4n) is 2.97. The molecule has 0 aromatic rings. The third-order valence-electron chi connectivity index (χ3n) is 3.89. The highest BCUT2D eigenvalue weighted by molar-refractivity contribution is 7.92. The third-order valence-corrected chi connectivity index (χ3v) is 6.19. The lowest BCUT2D eigenvalue weighted by atomic mass is 9.95. The van der Waals surface area contributed by atoms with Crippen molar-refractivity contribution in [1.82, 2.24) is 0 Å². The first-order chi connectivity index (χ1) is 7.11. The molecule has 2 fully saturated rings. The zero-order chi connectivity index (χ0) is 10.9. The third kappa shape index (κ3) is 2.36. The van der Waals surface area contributed by atoms with Gasteiger partial charge in [-0.05, 0) is 31.6 Å². The molecule has 1 N–H and O–H groups in total. The molecule has 4 heteroatoms. The summed E-state index contributed by atoms with van der Waals surface area (Å²) in [5.74, 6) is 0.518. The zero-order valence-corrected chi connectivity index (χ0v) is 9.88. The van der Waals surface area contributed by atoms with Gasteiger partial charge in [0, 0.05) is 0 Å². The number of sulfone groups is 1. The van der Waals surface area contributed by atoms with Gasteiger partial charge in [-0.25, -0.2) is 8.42 Å². The molecule has 1 aliphatic heterocycles. The molecule has 2 rings (SSSR count). The van der Waals surface area contributed by atoms with Crippen molar-refractivity contribution in [3.63, 3.8) is 0 Å². The van der Waals surface area contributed by atoms with Gasteiger partial charge < -0.3 is 5.11 Å². The first-order valence-corrected chi connectivity index (χ1v) is 7.72. The van der Waals surface area contributed by atoms with E-state index in [1.165, 1.54) is 0 Å². The Kier molecular flexibility index (Phi) is 3.36. The number of hydrogen-bond acceptors (Lipinski definition) is 3. The topological polar surface area (TPSA) is 54.4 Å². The quantitative estimate of drug-likeness (QED) is 0.785. The van der Waals surface area contributed by atoms with E-state index in [0.29, 0.717) is 6.42 Å². The molecule has 2 aliphatic rings. The number of rotatable bonds is 2. The van der Waals surface area contributed by atoms with Gasteiger partial charge in [0.15, 0.2) is 9.84 Å². The van der Waals surface area contributed by atoms with E-state index in [9.17, 15) is 13.5 Å². The molecule has 88 valence electrons. The smallest absolute Gasteiger partial charge is 0.155 e. The van der Waals surface area contributed by atoms with Crippen LogP contribution in [0, 0.1) is 5.92 Å². The number of aliphatic hydroxyl groups excluding tert-OH is 1. The summed E-state index contributed by atoms with van der Waals surface area (Å²) in [6, 6.07) is 0. The van der Waals surface area contributed by atoms with Gasteiger partial charge in [0.25, 0.3) is 0 Å². The standard InChI is InChI=1S/C11H20O3S/c12-11(9-5-1-2-6-9)10-7-3-4-8-15(10,13)14/h9-12H,1-8H2. The van der Waals surface area contributed by atoms with Crippen LogP contribution >= 0.6 is 0 Å². The minimum Gasteiger partial charge on any atom is -0.391 e. The lowest BCUT2D eigenvalue weighted by molar-refractivity contribution is 0.101. The molecule has 15 heavy (non-hydrogen) atoms. The van der Waals surface area contributed by atoms with E-state index in [1.807, 2.05) is 0 Å². The van der Waals surface area contributed by atoms with Crippen LogP contribution in [0.15, 0.2) is 0 Å². The Labute approximate surface area is 91.8 Å². The van der Waals surface area contributed by atoms with Crippen molar-refractivity contribution in [2.24, 2.45) is 5.92 Å². The van der Waals surface area contributed by atoms with Gasteiger partial charge in [0.1, 0.15) is 0 Å². The van der Waals surface area contributed by atoms with E-state index < -0.39 is 21.2 Å². The zero-order valence-electron chi connectivity index (χ0n) is 9.06. The lowest BCUT2D eigenvalue weighted by Crippen LogP contribution is -2.41. The highest BCUT2D eigenvalue weighted by Gasteiger charge is 2.39. The van der Waals surface area contributed by atoms with E-state index in [1.54, 1.807) is 0 Å². The summed E-state index contributed by atoms with van der Waals surface area (Å²) < 4.78 is 23.6. The van der Waals surface area contributed by atoms with Crippen LogP contribution in [0.4, 0.5) is 0 Å². The second-order valence-electron chi connectivity index (χ2n) is 4.94. The van der Waals surface area contributed by atoms with Gasteiger partial charge in [-0.2, -0.15) is 0 Å². The number of hydrogen-bond donors (Lipinski definition) is 1. The molecule has 0 radical (unpaired) electrons. The average molecular weight is 232 g/mol. The van der Waals surface area contributed by atoms with Crippen molar-refractivity contribution >= 4 is 9.84 Å². The van der Waals surface area contributed by atoms with Crippen LogP contribution in [0.25, 0.3) is 0 Å². The molecule has 3 nitrogen and oxygen atoms in total. The molecular formula is C11H20O3S. The SMILES string of the molecule is O=S1(=O)CCCCC1C(O)C1CCCC1. The number of aliphatic hydroxyl groups is 1. The Hall–Kier alpha value is -0.0900. The van der Waals surface area contributed by atoms with E-state index in [0.717, 1.165) is 38.5 Å². The maximum Gasteiger partial charge on any atom is 0.155 e. The highest BCUT2D eigenvalue weighted by atomic mass is 32.2. The largest absolute Gasteiger partial charge is 0.391 e. The van der Waals surface area contributed by atoms with Gasteiger partial charge in [-0.1, -0.05) is 19.3 Å². The molecule has 1 aliphatic carbocycles. The summed E-state index contributed by atoms with van der Waals surface area (Å²) in [4.78, 5) is 0. The Morgan fingerprint density at radius 2 is 1.60 bits per heavy atom.